The zero-order valence-corrected chi connectivity index (χ0v) is 12.5. The Hall–Kier alpha value is -1.46. The van der Waals surface area contributed by atoms with Gasteiger partial charge in [0.2, 0.25) is 0 Å². The number of aliphatic carboxylic acids is 2. The predicted molar refractivity (Wildman–Crippen MR) is 78.4 cm³/mol. The number of rotatable bonds is 2. The van der Waals surface area contributed by atoms with Gasteiger partial charge in [-0.25, -0.2) is 4.79 Å². The zero-order valence-electron chi connectivity index (χ0n) is 12.5. The lowest BCUT2D eigenvalue weighted by Gasteiger charge is -2.11. The third-order valence-corrected chi connectivity index (χ3v) is 3.95. The second kappa shape index (κ2) is 10.3. The van der Waals surface area contributed by atoms with Gasteiger partial charge in [0.25, 0.3) is 0 Å². The third kappa shape index (κ3) is 7.78. The molecule has 0 spiro atoms. The lowest BCUT2D eigenvalue weighted by Crippen LogP contribution is -2.17. The van der Waals surface area contributed by atoms with Crippen molar-refractivity contribution in [3.05, 3.63) is 0 Å². The van der Waals surface area contributed by atoms with Gasteiger partial charge in [0.05, 0.1) is 12.5 Å². The highest BCUT2D eigenvalue weighted by atomic mass is 16.4. The molecule has 0 aromatic carbocycles. The molecule has 0 aromatic rings. The van der Waals surface area contributed by atoms with E-state index in [0.717, 1.165) is 51.4 Å². The minimum atomic E-state index is -0.908. The van der Waals surface area contributed by atoms with Crippen molar-refractivity contribution in [1.82, 2.24) is 0 Å². The molecule has 6 nitrogen and oxygen atoms in total. The molecule has 0 fully saturated rings. The number of nitrogens with zero attached hydrogens (tertiary/aromatic N) is 2. The number of carbonyl (C=O) groups is 2. The van der Waals surface area contributed by atoms with Gasteiger partial charge < -0.3 is 10.2 Å². The lowest BCUT2D eigenvalue weighted by atomic mass is 9.95. The van der Waals surface area contributed by atoms with E-state index in [4.69, 9.17) is 5.11 Å². The van der Waals surface area contributed by atoms with Crippen LogP contribution in [0.25, 0.3) is 0 Å². The van der Waals surface area contributed by atoms with Crippen molar-refractivity contribution in [2.75, 3.05) is 6.54 Å². The Morgan fingerprint density at radius 1 is 0.762 bits per heavy atom. The number of azo groups is 1. The molecule has 0 aliphatic carbocycles. The van der Waals surface area contributed by atoms with E-state index in [1.165, 1.54) is 0 Å². The van der Waals surface area contributed by atoms with E-state index in [-0.39, 0.29) is 5.92 Å². The van der Waals surface area contributed by atoms with Crippen LogP contribution in [-0.4, -0.2) is 34.7 Å². The zero-order chi connectivity index (χ0) is 15.5. The maximum atomic E-state index is 11.2. The Kier molecular flexibility index (Phi) is 8.62. The quantitative estimate of drug-likeness (QED) is 0.814. The summed E-state index contributed by atoms with van der Waals surface area (Å²) in [6, 6.07) is -0.720. The highest BCUT2D eigenvalue weighted by molar-refractivity contribution is 5.73. The van der Waals surface area contributed by atoms with Gasteiger partial charge >= 0.3 is 11.9 Å². The Bertz CT molecular complexity index is 358. The van der Waals surface area contributed by atoms with Gasteiger partial charge in [0.1, 0.15) is 0 Å². The topological polar surface area (TPSA) is 99.3 Å². The first-order valence-electron chi connectivity index (χ1n) is 7.93. The van der Waals surface area contributed by atoms with Crippen LogP contribution in [0, 0.1) is 5.92 Å². The molecule has 1 rings (SSSR count). The van der Waals surface area contributed by atoms with Gasteiger partial charge in [-0.3, -0.25) is 4.79 Å². The van der Waals surface area contributed by atoms with Crippen molar-refractivity contribution in [3.8, 4) is 0 Å². The van der Waals surface area contributed by atoms with E-state index >= 15 is 0 Å². The van der Waals surface area contributed by atoms with Crippen LogP contribution < -0.4 is 0 Å². The molecule has 0 radical (unpaired) electrons. The number of carboxylic acid groups (broad SMARTS) is 2. The van der Waals surface area contributed by atoms with Crippen molar-refractivity contribution in [1.29, 1.82) is 0 Å². The van der Waals surface area contributed by atoms with Gasteiger partial charge in [0.15, 0.2) is 6.04 Å². The summed E-state index contributed by atoms with van der Waals surface area (Å²) in [4.78, 5) is 22.2. The van der Waals surface area contributed by atoms with Crippen LogP contribution in [-0.2, 0) is 9.59 Å². The molecule has 1 aliphatic rings. The molecule has 2 atom stereocenters. The van der Waals surface area contributed by atoms with Crippen molar-refractivity contribution in [3.63, 3.8) is 0 Å². The first kappa shape index (κ1) is 17.6. The second-order valence-corrected chi connectivity index (χ2v) is 5.71. The van der Waals surface area contributed by atoms with Crippen LogP contribution in [0.2, 0.25) is 0 Å². The van der Waals surface area contributed by atoms with Crippen LogP contribution in [0.15, 0.2) is 10.2 Å². The smallest absolute Gasteiger partial charge is 0.330 e. The molecular weight excluding hydrogens is 272 g/mol. The first-order valence-corrected chi connectivity index (χ1v) is 7.93. The summed E-state index contributed by atoms with van der Waals surface area (Å²) < 4.78 is 0. The number of hydrogen-bond donors (Lipinski definition) is 2. The van der Waals surface area contributed by atoms with E-state index in [0.29, 0.717) is 19.4 Å². The van der Waals surface area contributed by atoms with Gasteiger partial charge in [0, 0.05) is 0 Å². The summed E-state index contributed by atoms with van der Waals surface area (Å²) in [5, 5.41) is 26.1. The summed E-state index contributed by atoms with van der Waals surface area (Å²) in [7, 11) is 0. The molecule has 0 aromatic heterocycles. The highest BCUT2D eigenvalue weighted by Crippen LogP contribution is 2.19. The summed E-state index contributed by atoms with van der Waals surface area (Å²) in [5.74, 6) is -1.86. The molecule has 21 heavy (non-hydrogen) atoms. The standard InChI is InChI=1S/C15H26N2O4/c18-14(19)12-8-4-2-1-3-5-10-13(15(20)21)17-16-11-7-6-9-12/h12-13H,1-11H2,(H,18,19)(H,20,21). The minimum absolute atomic E-state index is 0.251. The fourth-order valence-electron chi connectivity index (χ4n) is 2.61. The summed E-state index contributed by atoms with van der Waals surface area (Å²) in [6.45, 7) is 0.482. The molecule has 6 heteroatoms. The van der Waals surface area contributed by atoms with E-state index in [1.807, 2.05) is 0 Å². The van der Waals surface area contributed by atoms with Gasteiger partial charge in [-0.05, 0) is 25.7 Å². The molecule has 2 N–H and O–H groups in total. The summed E-state index contributed by atoms with van der Waals surface area (Å²) in [6.07, 6.45) is 8.30. The minimum Gasteiger partial charge on any atom is -0.481 e. The second-order valence-electron chi connectivity index (χ2n) is 5.71. The SMILES string of the molecule is O=C(O)C1CCCCCCCC(C(=O)O)N=NCCCC1. The normalized spacial score (nSPS) is 26.5. The Balaban J connectivity index is 2.50. The molecule has 0 saturated heterocycles. The van der Waals surface area contributed by atoms with Gasteiger partial charge in [-0.1, -0.05) is 38.5 Å². The van der Waals surface area contributed by atoms with Crippen LogP contribution in [0.3, 0.4) is 0 Å². The van der Waals surface area contributed by atoms with Crippen LogP contribution in [0.5, 0.6) is 0 Å². The molecule has 2 unspecified atom stereocenters. The first-order chi connectivity index (χ1) is 10.1. The monoisotopic (exact) mass is 298 g/mol. The molecular formula is C15H26N2O4. The lowest BCUT2D eigenvalue weighted by molar-refractivity contribution is -0.142. The summed E-state index contributed by atoms with van der Waals surface area (Å²) >= 11 is 0. The predicted octanol–water partition coefficient (Wildman–Crippen LogP) is 3.51. The number of hydrogen-bond acceptors (Lipinski definition) is 4. The Labute approximate surface area is 125 Å². The van der Waals surface area contributed by atoms with Crippen molar-refractivity contribution in [2.45, 2.75) is 70.3 Å². The average Bonchev–Trinajstić information content (AvgIpc) is 2.44. The van der Waals surface area contributed by atoms with E-state index in [1.54, 1.807) is 0 Å². The maximum absolute atomic E-state index is 11.2. The Morgan fingerprint density at radius 3 is 1.95 bits per heavy atom. The fraction of sp³-hybridized carbons (Fsp3) is 0.867. The number of carboxylic acids is 2. The van der Waals surface area contributed by atoms with E-state index < -0.39 is 18.0 Å². The molecule has 120 valence electrons. The largest absolute Gasteiger partial charge is 0.481 e. The van der Waals surface area contributed by atoms with Crippen LogP contribution >= 0.6 is 0 Å². The highest BCUT2D eigenvalue weighted by Gasteiger charge is 2.17. The Morgan fingerprint density at radius 2 is 1.33 bits per heavy atom. The van der Waals surface area contributed by atoms with Gasteiger partial charge in [-0.15, -0.1) is 0 Å². The molecule has 1 aliphatic heterocycles. The average molecular weight is 298 g/mol. The van der Waals surface area contributed by atoms with E-state index in [9.17, 15) is 14.7 Å². The maximum Gasteiger partial charge on any atom is 0.330 e. The summed E-state index contributed by atoms with van der Waals surface area (Å²) in [5.41, 5.74) is 0. The van der Waals surface area contributed by atoms with E-state index in [2.05, 4.69) is 10.2 Å². The fourth-order valence-corrected chi connectivity index (χ4v) is 2.61. The molecule has 0 bridgehead atoms. The van der Waals surface area contributed by atoms with Gasteiger partial charge in [-0.2, -0.15) is 10.2 Å². The van der Waals surface area contributed by atoms with Crippen LogP contribution in [0.4, 0.5) is 0 Å². The van der Waals surface area contributed by atoms with Crippen molar-refractivity contribution >= 4 is 11.9 Å². The molecule has 1 heterocycles. The molecule has 0 saturated carbocycles. The van der Waals surface area contributed by atoms with Crippen molar-refractivity contribution in [2.24, 2.45) is 16.1 Å². The van der Waals surface area contributed by atoms with Crippen LogP contribution in [0.1, 0.15) is 64.2 Å². The van der Waals surface area contributed by atoms with Crippen molar-refractivity contribution < 1.29 is 19.8 Å². The molecule has 0 amide bonds. The third-order valence-electron chi connectivity index (χ3n) is 3.95.